The molecule has 1 saturated carbocycles. The van der Waals surface area contributed by atoms with Crippen LogP contribution < -0.4 is 10.5 Å². The van der Waals surface area contributed by atoms with E-state index < -0.39 is 0 Å². The third-order valence-electron chi connectivity index (χ3n) is 2.58. The zero-order valence-electron chi connectivity index (χ0n) is 8.29. The van der Waals surface area contributed by atoms with Crippen molar-refractivity contribution >= 4 is 17.4 Å². The summed E-state index contributed by atoms with van der Waals surface area (Å²) < 4.78 is 5.72. The molecular formula is C11H13ClN2O. The van der Waals surface area contributed by atoms with E-state index in [1.165, 1.54) is 6.42 Å². The lowest BCUT2D eigenvalue weighted by molar-refractivity contribution is 0.120. The summed E-state index contributed by atoms with van der Waals surface area (Å²) in [4.78, 5) is 0. The molecule has 0 aromatic heterocycles. The lowest BCUT2D eigenvalue weighted by Gasteiger charge is -2.27. The van der Waals surface area contributed by atoms with E-state index in [4.69, 9.17) is 27.5 Å². The molecule has 0 atom stereocenters. The molecule has 15 heavy (non-hydrogen) atoms. The zero-order chi connectivity index (χ0) is 10.8. The second-order valence-electron chi connectivity index (χ2n) is 3.72. The van der Waals surface area contributed by atoms with Gasteiger partial charge < -0.3 is 10.5 Å². The van der Waals surface area contributed by atoms with Crippen molar-refractivity contribution in [1.82, 2.24) is 0 Å². The van der Waals surface area contributed by atoms with Gasteiger partial charge >= 0.3 is 0 Å². The predicted octanol–water partition coefficient (Wildman–Crippen LogP) is 2.56. The number of benzene rings is 1. The smallest absolute Gasteiger partial charge is 0.132 e. The molecule has 80 valence electrons. The Morgan fingerprint density at radius 2 is 2.20 bits per heavy atom. The Labute approximate surface area is 93.7 Å². The molecule has 4 heteroatoms. The molecule has 0 bridgehead atoms. The maximum absolute atomic E-state index is 7.42. The lowest BCUT2D eigenvalue weighted by atomic mass is 9.96. The standard InChI is InChI=1S/C11H13ClN2O/c12-7-4-5-9(11(13)14)10(6-7)15-8-2-1-3-8/h4-6,8H,1-3H2,(H3,13,14). The molecule has 0 spiro atoms. The van der Waals surface area contributed by atoms with Crippen molar-refractivity contribution in [2.75, 3.05) is 0 Å². The van der Waals surface area contributed by atoms with Gasteiger partial charge in [0.1, 0.15) is 11.6 Å². The molecule has 0 saturated heterocycles. The number of hydrogen-bond donors (Lipinski definition) is 2. The Morgan fingerprint density at radius 1 is 1.47 bits per heavy atom. The third-order valence-corrected chi connectivity index (χ3v) is 2.81. The first-order valence-electron chi connectivity index (χ1n) is 4.97. The molecule has 0 radical (unpaired) electrons. The summed E-state index contributed by atoms with van der Waals surface area (Å²) in [5.41, 5.74) is 6.08. The first-order valence-corrected chi connectivity index (χ1v) is 5.35. The van der Waals surface area contributed by atoms with Crippen molar-refractivity contribution in [3.8, 4) is 5.75 Å². The summed E-state index contributed by atoms with van der Waals surface area (Å²) in [6.45, 7) is 0. The van der Waals surface area contributed by atoms with E-state index in [-0.39, 0.29) is 11.9 Å². The monoisotopic (exact) mass is 224 g/mol. The Balaban J connectivity index is 2.24. The number of rotatable bonds is 3. The zero-order valence-corrected chi connectivity index (χ0v) is 9.05. The maximum atomic E-state index is 7.42. The van der Waals surface area contributed by atoms with Crippen LogP contribution in [0.4, 0.5) is 0 Å². The quantitative estimate of drug-likeness (QED) is 0.612. The van der Waals surface area contributed by atoms with Crippen molar-refractivity contribution in [3.63, 3.8) is 0 Å². The molecule has 2 rings (SSSR count). The molecule has 1 aliphatic rings. The van der Waals surface area contributed by atoms with Crippen LogP contribution in [0.25, 0.3) is 0 Å². The van der Waals surface area contributed by atoms with E-state index in [0.29, 0.717) is 16.3 Å². The summed E-state index contributed by atoms with van der Waals surface area (Å²) in [5, 5.41) is 8.03. The summed E-state index contributed by atoms with van der Waals surface area (Å²) in [6.07, 6.45) is 3.62. The molecule has 1 aliphatic carbocycles. The van der Waals surface area contributed by atoms with Crippen molar-refractivity contribution in [3.05, 3.63) is 28.8 Å². The number of amidine groups is 1. The van der Waals surface area contributed by atoms with E-state index in [0.717, 1.165) is 12.8 Å². The van der Waals surface area contributed by atoms with E-state index in [1.807, 2.05) is 0 Å². The van der Waals surface area contributed by atoms with E-state index in [9.17, 15) is 0 Å². The van der Waals surface area contributed by atoms with Crippen molar-refractivity contribution in [2.45, 2.75) is 25.4 Å². The maximum Gasteiger partial charge on any atom is 0.132 e. The molecule has 0 heterocycles. The van der Waals surface area contributed by atoms with Crippen LogP contribution in [0.5, 0.6) is 5.75 Å². The van der Waals surface area contributed by atoms with Crippen LogP contribution in [0.1, 0.15) is 24.8 Å². The van der Waals surface area contributed by atoms with Gasteiger partial charge in [0.25, 0.3) is 0 Å². The van der Waals surface area contributed by atoms with E-state index in [2.05, 4.69) is 0 Å². The number of nitrogen functional groups attached to an aromatic ring is 1. The van der Waals surface area contributed by atoms with Gasteiger partial charge in [-0.05, 0) is 37.5 Å². The number of ether oxygens (including phenoxy) is 1. The van der Waals surface area contributed by atoms with Crippen LogP contribution >= 0.6 is 11.6 Å². The molecular weight excluding hydrogens is 212 g/mol. The van der Waals surface area contributed by atoms with Gasteiger partial charge in [-0.2, -0.15) is 0 Å². The van der Waals surface area contributed by atoms with E-state index >= 15 is 0 Å². The topological polar surface area (TPSA) is 59.1 Å². The fourth-order valence-electron chi connectivity index (χ4n) is 1.48. The van der Waals surface area contributed by atoms with Crippen LogP contribution in [0, 0.1) is 5.41 Å². The molecule has 1 aromatic carbocycles. The molecule has 0 aliphatic heterocycles. The minimum Gasteiger partial charge on any atom is -0.490 e. The predicted molar refractivity (Wildman–Crippen MR) is 60.7 cm³/mol. The molecule has 1 fully saturated rings. The summed E-state index contributed by atoms with van der Waals surface area (Å²) >= 11 is 5.87. The Kier molecular flexibility index (Phi) is 2.82. The second kappa shape index (κ2) is 4.11. The lowest BCUT2D eigenvalue weighted by Crippen LogP contribution is -2.26. The summed E-state index contributed by atoms with van der Waals surface area (Å²) in [7, 11) is 0. The number of hydrogen-bond acceptors (Lipinski definition) is 2. The van der Waals surface area contributed by atoms with Gasteiger partial charge in [-0.15, -0.1) is 0 Å². The average Bonchev–Trinajstić information content (AvgIpc) is 2.11. The first-order chi connectivity index (χ1) is 7.16. The highest BCUT2D eigenvalue weighted by molar-refractivity contribution is 6.30. The SMILES string of the molecule is N=C(N)c1ccc(Cl)cc1OC1CCC1. The third kappa shape index (κ3) is 2.23. The molecule has 3 N–H and O–H groups in total. The molecule has 0 amide bonds. The summed E-state index contributed by atoms with van der Waals surface area (Å²) in [5.74, 6) is 0.640. The second-order valence-corrected chi connectivity index (χ2v) is 4.16. The first kappa shape index (κ1) is 10.3. The highest BCUT2D eigenvalue weighted by atomic mass is 35.5. The highest BCUT2D eigenvalue weighted by Gasteiger charge is 2.20. The normalized spacial score (nSPS) is 15.8. The highest BCUT2D eigenvalue weighted by Crippen LogP contribution is 2.29. The van der Waals surface area contributed by atoms with Gasteiger partial charge in [0.05, 0.1) is 11.7 Å². The number of halogens is 1. The van der Waals surface area contributed by atoms with Crippen LogP contribution in [0.2, 0.25) is 5.02 Å². The Bertz CT molecular complexity index is 388. The van der Waals surface area contributed by atoms with Crippen LogP contribution in [-0.4, -0.2) is 11.9 Å². The number of nitrogens with one attached hydrogen (secondary N) is 1. The van der Waals surface area contributed by atoms with Gasteiger partial charge in [-0.3, -0.25) is 5.41 Å². The van der Waals surface area contributed by atoms with Crippen molar-refractivity contribution in [1.29, 1.82) is 5.41 Å². The largest absolute Gasteiger partial charge is 0.490 e. The molecule has 1 aromatic rings. The number of nitrogens with two attached hydrogens (primary N) is 1. The van der Waals surface area contributed by atoms with Gasteiger partial charge in [0, 0.05) is 5.02 Å². The van der Waals surface area contributed by atoms with Crippen molar-refractivity contribution < 1.29 is 4.74 Å². The van der Waals surface area contributed by atoms with Gasteiger partial charge in [-0.25, -0.2) is 0 Å². The van der Waals surface area contributed by atoms with Gasteiger partial charge in [-0.1, -0.05) is 11.6 Å². The minimum atomic E-state index is 0.0148. The minimum absolute atomic E-state index is 0.0148. The van der Waals surface area contributed by atoms with Crippen molar-refractivity contribution in [2.24, 2.45) is 5.73 Å². The Morgan fingerprint density at radius 3 is 2.73 bits per heavy atom. The van der Waals surface area contributed by atoms with Gasteiger partial charge in [0.15, 0.2) is 0 Å². The average molecular weight is 225 g/mol. The van der Waals surface area contributed by atoms with Crippen LogP contribution in [0.3, 0.4) is 0 Å². The molecule has 3 nitrogen and oxygen atoms in total. The fraction of sp³-hybridized carbons (Fsp3) is 0.364. The molecule has 0 unspecified atom stereocenters. The fourth-order valence-corrected chi connectivity index (χ4v) is 1.65. The van der Waals surface area contributed by atoms with Crippen LogP contribution in [-0.2, 0) is 0 Å². The summed E-state index contributed by atoms with van der Waals surface area (Å²) in [6, 6.07) is 5.15. The van der Waals surface area contributed by atoms with E-state index in [1.54, 1.807) is 18.2 Å². The Hall–Kier alpha value is -1.22. The van der Waals surface area contributed by atoms with Crippen LogP contribution in [0.15, 0.2) is 18.2 Å². The van der Waals surface area contributed by atoms with Gasteiger partial charge in [0.2, 0.25) is 0 Å².